The molecule has 1 aromatic carbocycles. The van der Waals surface area contributed by atoms with E-state index in [-0.39, 0.29) is 30.6 Å². The first kappa shape index (κ1) is 17.7. The minimum Gasteiger partial charge on any atom is -0.361 e. The van der Waals surface area contributed by atoms with Crippen LogP contribution in [0.1, 0.15) is 43.5 Å². The monoisotopic (exact) mass is 355 g/mol. The summed E-state index contributed by atoms with van der Waals surface area (Å²) in [6, 6.07) is 7.74. The molecule has 2 aromatic heterocycles. The molecule has 2 heterocycles. The van der Waals surface area contributed by atoms with Gasteiger partial charge in [-0.3, -0.25) is 20.4 Å². The number of nitrogens with one attached hydrogen (secondary N) is 3. The van der Waals surface area contributed by atoms with Gasteiger partial charge in [0.25, 0.3) is 0 Å². The SMILES string of the molecule is CC(C)c1noc(CCC(=O)NNC(=O)Cc2c[nH]c3ccccc23)n1. The van der Waals surface area contributed by atoms with E-state index in [0.717, 1.165) is 16.5 Å². The predicted molar refractivity (Wildman–Crippen MR) is 95.0 cm³/mol. The molecule has 2 amide bonds. The summed E-state index contributed by atoms with van der Waals surface area (Å²) in [6.45, 7) is 3.93. The van der Waals surface area contributed by atoms with Crippen LogP contribution in [0.4, 0.5) is 0 Å². The maximum absolute atomic E-state index is 12.0. The number of H-pyrrole nitrogens is 1. The fraction of sp³-hybridized carbons (Fsp3) is 0.333. The number of amides is 2. The number of para-hydroxylation sites is 1. The number of rotatable bonds is 6. The highest BCUT2D eigenvalue weighted by molar-refractivity contribution is 5.89. The predicted octanol–water partition coefficient (Wildman–Crippen LogP) is 2.00. The van der Waals surface area contributed by atoms with Gasteiger partial charge < -0.3 is 9.51 Å². The summed E-state index contributed by atoms with van der Waals surface area (Å²) in [7, 11) is 0. The summed E-state index contributed by atoms with van der Waals surface area (Å²) < 4.78 is 5.08. The average Bonchev–Trinajstić information content (AvgIpc) is 3.26. The van der Waals surface area contributed by atoms with Gasteiger partial charge in [0.2, 0.25) is 17.7 Å². The largest absolute Gasteiger partial charge is 0.361 e. The van der Waals surface area contributed by atoms with Crippen LogP contribution in [0.2, 0.25) is 0 Å². The molecule has 3 N–H and O–H groups in total. The van der Waals surface area contributed by atoms with E-state index in [1.807, 2.05) is 38.1 Å². The number of hydrazine groups is 1. The Labute approximate surface area is 150 Å². The second-order valence-corrected chi connectivity index (χ2v) is 6.33. The molecule has 0 bridgehead atoms. The number of carbonyl (C=O) groups excluding carboxylic acids is 2. The molecule has 0 saturated carbocycles. The Morgan fingerprint density at radius 2 is 1.96 bits per heavy atom. The fourth-order valence-electron chi connectivity index (χ4n) is 2.52. The molecule has 0 aliphatic carbocycles. The van der Waals surface area contributed by atoms with Crippen LogP contribution in [0.3, 0.4) is 0 Å². The molecule has 0 unspecified atom stereocenters. The summed E-state index contributed by atoms with van der Waals surface area (Å²) in [5, 5.41) is 4.84. The van der Waals surface area contributed by atoms with Crippen molar-refractivity contribution in [1.29, 1.82) is 0 Å². The number of hydrogen-bond donors (Lipinski definition) is 3. The third-order valence-corrected chi connectivity index (χ3v) is 3.93. The quantitative estimate of drug-likeness (QED) is 0.585. The number of aromatic amines is 1. The Hall–Kier alpha value is -3.16. The third-order valence-electron chi connectivity index (χ3n) is 3.93. The van der Waals surface area contributed by atoms with Gasteiger partial charge in [0, 0.05) is 35.9 Å². The van der Waals surface area contributed by atoms with E-state index in [2.05, 4.69) is 26.0 Å². The first-order chi connectivity index (χ1) is 12.5. The summed E-state index contributed by atoms with van der Waals surface area (Å²) in [6.07, 6.45) is 2.44. The third kappa shape index (κ3) is 4.27. The van der Waals surface area contributed by atoms with Gasteiger partial charge in [-0.05, 0) is 11.6 Å². The lowest BCUT2D eigenvalue weighted by Gasteiger charge is -2.06. The summed E-state index contributed by atoms with van der Waals surface area (Å²) >= 11 is 0. The van der Waals surface area contributed by atoms with Crippen LogP contribution in [0.5, 0.6) is 0 Å². The number of nitrogens with zero attached hydrogens (tertiary/aromatic N) is 2. The van der Waals surface area contributed by atoms with Gasteiger partial charge in [0.05, 0.1) is 6.42 Å². The molecule has 0 saturated heterocycles. The number of aromatic nitrogens is 3. The highest BCUT2D eigenvalue weighted by Crippen LogP contribution is 2.17. The maximum atomic E-state index is 12.0. The van der Waals surface area contributed by atoms with Crippen molar-refractivity contribution in [2.75, 3.05) is 0 Å². The number of benzene rings is 1. The molecule has 0 spiro atoms. The van der Waals surface area contributed by atoms with Gasteiger partial charge >= 0.3 is 0 Å². The second kappa shape index (κ2) is 7.81. The smallest absolute Gasteiger partial charge is 0.242 e. The number of hydrogen-bond acceptors (Lipinski definition) is 5. The van der Waals surface area contributed by atoms with Gasteiger partial charge in [0.15, 0.2) is 5.82 Å². The van der Waals surface area contributed by atoms with E-state index in [4.69, 9.17) is 4.52 Å². The summed E-state index contributed by atoms with van der Waals surface area (Å²) in [4.78, 5) is 31.2. The molecule has 3 aromatic rings. The molecule has 3 rings (SSSR count). The zero-order valence-electron chi connectivity index (χ0n) is 14.7. The van der Waals surface area contributed by atoms with E-state index in [1.165, 1.54) is 0 Å². The lowest BCUT2D eigenvalue weighted by Crippen LogP contribution is -2.42. The first-order valence-corrected chi connectivity index (χ1v) is 8.48. The lowest BCUT2D eigenvalue weighted by molar-refractivity contribution is -0.128. The molecule has 136 valence electrons. The zero-order chi connectivity index (χ0) is 18.5. The Bertz CT molecular complexity index is 912. The topological polar surface area (TPSA) is 113 Å². The van der Waals surface area contributed by atoms with Gasteiger partial charge in [-0.2, -0.15) is 4.98 Å². The fourth-order valence-corrected chi connectivity index (χ4v) is 2.52. The van der Waals surface area contributed by atoms with Crippen molar-refractivity contribution in [3.63, 3.8) is 0 Å². The van der Waals surface area contributed by atoms with Crippen LogP contribution in [0.25, 0.3) is 10.9 Å². The van der Waals surface area contributed by atoms with E-state index in [9.17, 15) is 9.59 Å². The zero-order valence-corrected chi connectivity index (χ0v) is 14.7. The van der Waals surface area contributed by atoms with Gasteiger partial charge in [-0.1, -0.05) is 37.2 Å². The normalized spacial score (nSPS) is 11.0. The molecule has 0 atom stereocenters. The molecule has 26 heavy (non-hydrogen) atoms. The van der Waals surface area contributed by atoms with E-state index >= 15 is 0 Å². The van der Waals surface area contributed by atoms with E-state index in [0.29, 0.717) is 18.1 Å². The van der Waals surface area contributed by atoms with Crippen LogP contribution in [0.15, 0.2) is 35.0 Å². The lowest BCUT2D eigenvalue weighted by atomic mass is 10.1. The molecule has 0 aliphatic heterocycles. The summed E-state index contributed by atoms with van der Waals surface area (Å²) in [5.74, 6) is 0.594. The van der Waals surface area contributed by atoms with Crippen molar-refractivity contribution in [1.82, 2.24) is 26.0 Å². The minimum atomic E-state index is -0.318. The van der Waals surface area contributed by atoms with Gasteiger partial charge in [0.1, 0.15) is 0 Å². The van der Waals surface area contributed by atoms with E-state index in [1.54, 1.807) is 6.20 Å². The molecule has 0 aliphatic rings. The highest BCUT2D eigenvalue weighted by Gasteiger charge is 2.12. The average molecular weight is 355 g/mol. The van der Waals surface area contributed by atoms with Crippen LogP contribution in [0, 0.1) is 0 Å². The second-order valence-electron chi connectivity index (χ2n) is 6.33. The van der Waals surface area contributed by atoms with Crippen molar-refractivity contribution >= 4 is 22.7 Å². The van der Waals surface area contributed by atoms with Crippen molar-refractivity contribution < 1.29 is 14.1 Å². The Balaban J connectivity index is 1.44. The van der Waals surface area contributed by atoms with Crippen molar-refractivity contribution in [2.45, 2.75) is 39.0 Å². The first-order valence-electron chi connectivity index (χ1n) is 8.48. The highest BCUT2D eigenvalue weighted by atomic mass is 16.5. The Morgan fingerprint density at radius 1 is 1.19 bits per heavy atom. The van der Waals surface area contributed by atoms with Crippen LogP contribution < -0.4 is 10.9 Å². The minimum absolute atomic E-state index is 0.146. The van der Waals surface area contributed by atoms with Crippen molar-refractivity contribution in [3.8, 4) is 0 Å². The molecule has 8 heteroatoms. The van der Waals surface area contributed by atoms with Crippen LogP contribution in [-0.4, -0.2) is 26.9 Å². The van der Waals surface area contributed by atoms with Crippen molar-refractivity contribution in [2.24, 2.45) is 0 Å². The van der Waals surface area contributed by atoms with Crippen molar-refractivity contribution in [3.05, 3.63) is 47.7 Å². The Kier molecular flexibility index (Phi) is 5.31. The number of fused-ring (bicyclic) bond motifs is 1. The standard InChI is InChI=1S/C18H21N5O3/c1-11(2)18-20-17(26-23-18)8-7-15(24)21-22-16(25)9-12-10-19-14-6-4-3-5-13(12)14/h3-6,10-11,19H,7-9H2,1-2H3,(H,21,24)(H,22,25). The summed E-state index contributed by atoms with van der Waals surface area (Å²) in [5.41, 5.74) is 6.68. The molecule has 0 fully saturated rings. The molecule has 8 nitrogen and oxygen atoms in total. The van der Waals surface area contributed by atoms with Crippen LogP contribution in [-0.2, 0) is 22.4 Å². The molecular formula is C18H21N5O3. The van der Waals surface area contributed by atoms with Gasteiger partial charge in [-0.15, -0.1) is 0 Å². The Morgan fingerprint density at radius 3 is 2.73 bits per heavy atom. The van der Waals surface area contributed by atoms with E-state index < -0.39 is 0 Å². The number of carbonyl (C=O) groups is 2. The van der Waals surface area contributed by atoms with Gasteiger partial charge in [-0.25, -0.2) is 0 Å². The molecule has 0 radical (unpaired) electrons. The van der Waals surface area contributed by atoms with Crippen LogP contribution >= 0.6 is 0 Å². The molecular weight excluding hydrogens is 334 g/mol. The number of aryl methyl sites for hydroxylation is 1. The maximum Gasteiger partial charge on any atom is 0.242 e.